The molecule has 0 unspecified atom stereocenters. The van der Waals surface area contributed by atoms with Crippen LogP contribution in [-0.2, 0) is 0 Å². The van der Waals surface area contributed by atoms with E-state index in [-0.39, 0.29) is 5.78 Å². The highest BCUT2D eigenvalue weighted by atomic mass is 16.5. The van der Waals surface area contributed by atoms with Crippen LogP contribution in [-0.4, -0.2) is 5.78 Å². The first-order valence-electron chi connectivity index (χ1n) is 6.48. The molecule has 0 spiro atoms. The molecule has 0 fully saturated rings. The molecule has 0 bridgehead atoms. The van der Waals surface area contributed by atoms with Gasteiger partial charge in [0.15, 0.2) is 5.78 Å². The van der Waals surface area contributed by atoms with Crippen LogP contribution in [0.4, 0.5) is 0 Å². The van der Waals surface area contributed by atoms with E-state index in [0.717, 1.165) is 16.9 Å². The van der Waals surface area contributed by atoms with Gasteiger partial charge >= 0.3 is 0 Å². The average Bonchev–Trinajstić information content (AvgIpc) is 2.37. The molecule has 0 aliphatic carbocycles. The molecule has 0 saturated heterocycles. The maximum absolute atomic E-state index is 11.9. The van der Waals surface area contributed by atoms with Gasteiger partial charge in [0, 0.05) is 6.42 Å². The van der Waals surface area contributed by atoms with Gasteiger partial charge in [0.05, 0.1) is 5.56 Å². The quantitative estimate of drug-likeness (QED) is 0.740. The third-order valence-electron chi connectivity index (χ3n) is 2.93. The van der Waals surface area contributed by atoms with Gasteiger partial charge in [0.2, 0.25) is 0 Å². The first kappa shape index (κ1) is 13.3. The van der Waals surface area contributed by atoms with Crippen LogP contribution < -0.4 is 4.74 Å². The Bertz CT molecular complexity index is 580. The Hall–Kier alpha value is -2.09. The molecular weight excluding hydrogens is 236 g/mol. The summed E-state index contributed by atoms with van der Waals surface area (Å²) in [5.74, 6) is 1.49. The minimum Gasteiger partial charge on any atom is -0.457 e. The van der Waals surface area contributed by atoms with E-state index in [4.69, 9.17) is 4.74 Å². The molecule has 0 heterocycles. The molecule has 19 heavy (non-hydrogen) atoms. The van der Waals surface area contributed by atoms with Gasteiger partial charge in [-0.05, 0) is 49.2 Å². The van der Waals surface area contributed by atoms with E-state index >= 15 is 0 Å². The zero-order valence-corrected chi connectivity index (χ0v) is 11.6. The molecule has 0 atom stereocenters. The Kier molecular flexibility index (Phi) is 4.00. The molecular formula is C17H18O2. The van der Waals surface area contributed by atoms with Crippen molar-refractivity contribution in [2.45, 2.75) is 27.2 Å². The summed E-state index contributed by atoms with van der Waals surface area (Å²) >= 11 is 0. The smallest absolute Gasteiger partial charge is 0.166 e. The van der Waals surface area contributed by atoms with E-state index in [1.54, 1.807) is 0 Å². The van der Waals surface area contributed by atoms with E-state index in [1.165, 1.54) is 0 Å². The summed E-state index contributed by atoms with van der Waals surface area (Å²) < 4.78 is 5.87. The number of Topliss-reactive ketones (excluding diaryl/α,β-unsaturated/α-hetero) is 1. The number of hydrogen-bond acceptors (Lipinski definition) is 2. The fourth-order valence-electron chi connectivity index (χ4n) is 2.10. The van der Waals surface area contributed by atoms with Gasteiger partial charge < -0.3 is 4.74 Å². The summed E-state index contributed by atoms with van der Waals surface area (Å²) in [6.07, 6.45) is 0.479. The SMILES string of the molecule is CCC(=O)c1ccccc1Oc1cc(C)cc(C)c1. The number of ether oxygens (including phenoxy) is 1. The molecule has 0 aliphatic heterocycles. The lowest BCUT2D eigenvalue weighted by Gasteiger charge is -2.11. The first-order chi connectivity index (χ1) is 9.10. The summed E-state index contributed by atoms with van der Waals surface area (Å²) in [5, 5.41) is 0. The van der Waals surface area contributed by atoms with Crippen LogP contribution >= 0.6 is 0 Å². The van der Waals surface area contributed by atoms with Crippen LogP contribution in [0, 0.1) is 13.8 Å². The number of ketones is 1. The van der Waals surface area contributed by atoms with Gasteiger partial charge in [-0.3, -0.25) is 4.79 Å². The van der Waals surface area contributed by atoms with Crippen molar-refractivity contribution < 1.29 is 9.53 Å². The molecule has 2 aromatic rings. The minimum absolute atomic E-state index is 0.0972. The van der Waals surface area contributed by atoms with Gasteiger partial charge in [-0.15, -0.1) is 0 Å². The molecule has 98 valence electrons. The van der Waals surface area contributed by atoms with Crippen LogP contribution in [0.15, 0.2) is 42.5 Å². The summed E-state index contributed by atoms with van der Waals surface area (Å²) in [6.45, 7) is 5.92. The number of hydrogen-bond donors (Lipinski definition) is 0. The van der Waals surface area contributed by atoms with Crippen LogP contribution in [0.2, 0.25) is 0 Å². The number of carbonyl (C=O) groups excluding carboxylic acids is 1. The van der Waals surface area contributed by atoms with Gasteiger partial charge in [-0.1, -0.05) is 25.1 Å². The maximum atomic E-state index is 11.9. The number of carbonyl (C=O) groups is 1. The average molecular weight is 254 g/mol. The van der Waals surface area contributed by atoms with Gasteiger partial charge in [-0.25, -0.2) is 0 Å². The maximum Gasteiger partial charge on any atom is 0.166 e. The Morgan fingerprint density at radius 3 is 2.32 bits per heavy atom. The largest absolute Gasteiger partial charge is 0.457 e. The fraction of sp³-hybridized carbons (Fsp3) is 0.235. The lowest BCUT2D eigenvalue weighted by Crippen LogP contribution is -2.00. The molecule has 0 radical (unpaired) electrons. The standard InChI is InChI=1S/C17H18O2/c1-4-16(18)15-7-5-6-8-17(15)19-14-10-12(2)9-13(3)11-14/h5-11H,4H2,1-3H3. The fourth-order valence-corrected chi connectivity index (χ4v) is 2.10. The van der Waals surface area contributed by atoms with Crippen molar-refractivity contribution in [2.24, 2.45) is 0 Å². The predicted octanol–water partition coefficient (Wildman–Crippen LogP) is 4.69. The van der Waals surface area contributed by atoms with Crippen molar-refractivity contribution in [3.05, 3.63) is 59.2 Å². The number of benzene rings is 2. The zero-order chi connectivity index (χ0) is 13.8. The van der Waals surface area contributed by atoms with Crippen molar-refractivity contribution >= 4 is 5.78 Å². The van der Waals surface area contributed by atoms with Crippen molar-refractivity contribution in [3.8, 4) is 11.5 Å². The van der Waals surface area contributed by atoms with Gasteiger partial charge in [0.25, 0.3) is 0 Å². The molecule has 0 aromatic heterocycles. The van der Waals surface area contributed by atoms with E-state index in [1.807, 2.05) is 57.2 Å². The molecule has 2 aromatic carbocycles. The van der Waals surface area contributed by atoms with Crippen molar-refractivity contribution in [2.75, 3.05) is 0 Å². The second kappa shape index (κ2) is 5.70. The molecule has 0 amide bonds. The van der Waals surface area contributed by atoms with Crippen molar-refractivity contribution in [1.82, 2.24) is 0 Å². The Balaban J connectivity index is 2.35. The monoisotopic (exact) mass is 254 g/mol. The molecule has 0 aliphatic rings. The molecule has 2 rings (SSSR count). The lowest BCUT2D eigenvalue weighted by molar-refractivity contribution is 0.0986. The predicted molar refractivity (Wildman–Crippen MR) is 77.1 cm³/mol. The van der Waals surface area contributed by atoms with E-state index in [0.29, 0.717) is 17.7 Å². The van der Waals surface area contributed by atoms with Crippen LogP contribution in [0.3, 0.4) is 0 Å². The lowest BCUT2D eigenvalue weighted by atomic mass is 10.1. The summed E-state index contributed by atoms with van der Waals surface area (Å²) in [5.41, 5.74) is 2.94. The van der Waals surface area contributed by atoms with E-state index < -0.39 is 0 Å². The Morgan fingerprint density at radius 1 is 1.05 bits per heavy atom. The van der Waals surface area contributed by atoms with Crippen molar-refractivity contribution in [1.29, 1.82) is 0 Å². The molecule has 0 saturated carbocycles. The summed E-state index contributed by atoms with van der Waals surface area (Å²) in [6, 6.07) is 13.4. The van der Waals surface area contributed by atoms with E-state index in [9.17, 15) is 4.79 Å². The Labute approximate surface area is 114 Å². The Morgan fingerprint density at radius 2 is 1.68 bits per heavy atom. The second-order valence-electron chi connectivity index (χ2n) is 4.70. The number of para-hydroxylation sites is 1. The van der Waals surface area contributed by atoms with Gasteiger partial charge in [-0.2, -0.15) is 0 Å². The first-order valence-corrected chi connectivity index (χ1v) is 6.48. The highest BCUT2D eigenvalue weighted by molar-refractivity contribution is 5.98. The molecule has 2 nitrogen and oxygen atoms in total. The second-order valence-corrected chi connectivity index (χ2v) is 4.70. The minimum atomic E-state index is 0.0972. The number of aryl methyl sites for hydroxylation is 2. The molecule has 2 heteroatoms. The van der Waals surface area contributed by atoms with Crippen LogP contribution in [0.25, 0.3) is 0 Å². The zero-order valence-electron chi connectivity index (χ0n) is 11.6. The van der Waals surface area contributed by atoms with Crippen molar-refractivity contribution in [3.63, 3.8) is 0 Å². The summed E-state index contributed by atoms with van der Waals surface area (Å²) in [7, 11) is 0. The topological polar surface area (TPSA) is 26.3 Å². The number of rotatable bonds is 4. The molecule has 0 N–H and O–H groups in total. The van der Waals surface area contributed by atoms with Crippen LogP contribution in [0.5, 0.6) is 11.5 Å². The third kappa shape index (κ3) is 3.22. The van der Waals surface area contributed by atoms with E-state index in [2.05, 4.69) is 6.07 Å². The summed E-state index contributed by atoms with van der Waals surface area (Å²) in [4.78, 5) is 11.9. The van der Waals surface area contributed by atoms with Crippen LogP contribution in [0.1, 0.15) is 34.8 Å². The highest BCUT2D eigenvalue weighted by Crippen LogP contribution is 2.27. The normalized spacial score (nSPS) is 10.3. The van der Waals surface area contributed by atoms with Gasteiger partial charge in [0.1, 0.15) is 11.5 Å². The highest BCUT2D eigenvalue weighted by Gasteiger charge is 2.10. The third-order valence-corrected chi connectivity index (χ3v) is 2.93.